The van der Waals surface area contributed by atoms with Gasteiger partial charge in [0.25, 0.3) is 0 Å². The lowest BCUT2D eigenvalue weighted by Gasteiger charge is -2.32. The number of carbonyl (C=O) groups excluding carboxylic acids is 1. The van der Waals surface area contributed by atoms with Crippen LogP contribution in [-0.2, 0) is 24.2 Å². The number of fused-ring (bicyclic) bond motifs is 2. The second-order valence-corrected chi connectivity index (χ2v) is 9.43. The standard InChI is InChI=1S/C24H33N7O/c1-16-14-22-25-17(2)20(18(3)31(22)28-16)10-11-23(32)29-12-7-8-19(15-29)24-27-26-21-9-5-4-6-13-30(21)24/h14,19H,4-13,15H2,1-3H3/t19-/m1/s1. The van der Waals surface area contributed by atoms with Gasteiger partial charge in [0.15, 0.2) is 5.65 Å². The van der Waals surface area contributed by atoms with E-state index in [0.717, 1.165) is 78.8 Å². The van der Waals surface area contributed by atoms with Gasteiger partial charge in [-0.3, -0.25) is 4.79 Å². The van der Waals surface area contributed by atoms with E-state index < -0.39 is 0 Å². The summed E-state index contributed by atoms with van der Waals surface area (Å²) in [5, 5.41) is 13.6. The number of carbonyl (C=O) groups is 1. The minimum atomic E-state index is 0.223. The van der Waals surface area contributed by atoms with Crippen molar-refractivity contribution in [2.24, 2.45) is 0 Å². The molecule has 0 unspecified atom stereocenters. The Bertz CT molecular complexity index is 1150. The predicted octanol–water partition coefficient (Wildman–Crippen LogP) is 3.31. The van der Waals surface area contributed by atoms with E-state index in [1.165, 1.54) is 19.3 Å². The van der Waals surface area contributed by atoms with Crippen molar-refractivity contribution in [2.45, 2.75) is 84.6 Å². The van der Waals surface area contributed by atoms with E-state index in [-0.39, 0.29) is 5.91 Å². The first-order valence-electron chi connectivity index (χ1n) is 12.0. The summed E-state index contributed by atoms with van der Waals surface area (Å²) in [6, 6.07) is 1.99. The highest BCUT2D eigenvalue weighted by Gasteiger charge is 2.29. The Morgan fingerprint density at radius 3 is 2.84 bits per heavy atom. The van der Waals surface area contributed by atoms with Gasteiger partial charge in [-0.05, 0) is 58.4 Å². The van der Waals surface area contributed by atoms with Crippen molar-refractivity contribution in [3.63, 3.8) is 0 Å². The van der Waals surface area contributed by atoms with Crippen LogP contribution < -0.4 is 0 Å². The summed E-state index contributed by atoms with van der Waals surface area (Å²) in [7, 11) is 0. The van der Waals surface area contributed by atoms with E-state index in [1.807, 2.05) is 29.3 Å². The molecule has 1 amide bonds. The molecular weight excluding hydrogens is 402 g/mol. The van der Waals surface area contributed by atoms with Crippen LogP contribution in [-0.4, -0.2) is 53.3 Å². The maximum Gasteiger partial charge on any atom is 0.222 e. The lowest BCUT2D eigenvalue weighted by molar-refractivity contribution is -0.132. The molecule has 2 aliphatic heterocycles. The van der Waals surface area contributed by atoms with Gasteiger partial charge in [0.2, 0.25) is 5.91 Å². The third-order valence-corrected chi connectivity index (χ3v) is 7.15. The van der Waals surface area contributed by atoms with Crippen molar-refractivity contribution >= 4 is 11.6 Å². The molecule has 0 aromatic carbocycles. The van der Waals surface area contributed by atoms with Crippen molar-refractivity contribution < 1.29 is 4.79 Å². The zero-order valence-corrected chi connectivity index (χ0v) is 19.5. The van der Waals surface area contributed by atoms with Crippen molar-refractivity contribution in [3.05, 3.63) is 40.4 Å². The Hall–Kier alpha value is -2.77. The maximum atomic E-state index is 13.2. The molecule has 0 radical (unpaired) electrons. The third kappa shape index (κ3) is 3.91. The molecule has 170 valence electrons. The SMILES string of the molecule is Cc1cc2nc(C)c(CCC(=O)N3CCC[C@@H](c4nnc5n4CCCCC5)C3)c(C)n2n1. The second-order valence-electron chi connectivity index (χ2n) is 9.43. The highest BCUT2D eigenvalue weighted by atomic mass is 16.2. The largest absolute Gasteiger partial charge is 0.342 e. The second kappa shape index (κ2) is 8.64. The molecule has 32 heavy (non-hydrogen) atoms. The molecule has 0 bridgehead atoms. The van der Waals surface area contributed by atoms with Crippen LogP contribution >= 0.6 is 0 Å². The van der Waals surface area contributed by atoms with E-state index >= 15 is 0 Å². The first kappa shape index (κ1) is 21.1. The van der Waals surface area contributed by atoms with Crippen LogP contribution in [0.4, 0.5) is 0 Å². The molecule has 8 nitrogen and oxygen atoms in total. The fourth-order valence-electron chi connectivity index (χ4n) is 5.42. The highest BCUT2D eigenvalue weighted by molar-refractivity contribution is 5.76. The van der Waals surface area contributed by atoms with E-state index in [2.05, 4.69) is 26.8 Å². The van der Waals surface area contributed by atoms with E-state index in [9.17, 15) is 4.79 Å². The normalized spacial score (nSPS) is 19.2. The van der Waals surface area contributed by atoms with Gasteiger partial charge in [0.1, 0.15) is 11.6 Å². The molecular formula is C24H33N7O. The van der Waals surface area contributed by atoms with Crippen LogP contribution in [0.2, 0.25) is 0 Å². The number of aryl methyl sites for hydroxylation is 4. The molecule has 1 fully saturated rings. The number of likely N-dealkylation sites (tertiary alicyclic amines) is 1. The summed E-state index contributed by atoms with van der Waals surface area (Å²) in [6.45, 7) is 8.69. The van der Waals surface area contributed by atoms with Crippen LogP contribution in [0.3, 0.4) is 0 Å². The smallest absolute Gasteiger partial charge is 0.222 e. The summed E-state index contributed by atoms with van der Waals surface area (Å²) < 4.78 is 4.24. The Morgan fingerprint density at radius 2 is 1.97 bits per heavy atom. The van der Waals surface area contributed by atoms with E-state index in [1.54, 1.807) is 0 Å². The number of amides is 1. The van der Waals surface area contributed by atoms with Crippen LogP contribution in [0.1, 0.15) is 78.7 Å². The first-order chi connectivity index (χ1) is 15.5. The van der Waals surface area contributed by atoms with Crippen LogP contribution in [0.25, 0.3) is 5.65 Å². The summed E-state index contributed by atoms with van der Waals surface area (Å²) >= 11 is 0. The number of rotatable bonds is 4. The minimum Gasteiger partial charge on any atom is -0.342 e. The van der Waals surface area contributed by atoms with Crippen molar-refractivity contribution in [3.8, 4) is 0 Å². The quantitative estimate of drug-likeness (QED) is 0.628. The van der Waals surface area contributed by atoms with Crippen molar-refractivity contribution in [2.75, 3.05) is 13.1 Å². The van der Waals surface area contributed by atoms with Crippen molar-refractivity contribution in [1.29, 1.82) is 0 Å². The van der Waals surface area contributed by atoms with Gasteiger partial charge in [-0.2, -0.15) is 5.10 Å². The molecule has 1 saturated heterocycles. The molecule has 0 N–H and O–H groups in total. The molecule has 1 atom stereocenters. The fourth-order valence-corrected chi connectivity index (χ4v) is 5.42. The highest BCUT2D eigenvalue weighted by Crippen LogP contribution is 2.28. The number of aromatic nitrogens is 6. The summed E-state index contributed by atoms with van der Waals surface area (Å²) in [5.74, 6) is 2.74. The number of piperidine rings is 1. The average Bonchev–Trinajstić information content (AvgIpc) is 3.28. The maximum absolute atomic E-state index is 13.2. The Balaban J connectivity index is 1.28. The van der Waals surface area contributed by atoms with Gasteiger partial charge in [0, 0.05) is 55.8 Å². The number of nitrogens with zero attached hydrogens (tertiary/aromatic N) is 7. The molecule has 0 aliphatic carbocycles. The molecule has 3 aromatic heterocycles. The van der Waals surface area contributed by atoms with Gasteiger partial charge in [-0.1, -0.05) is 6.42 Å². The minimum absolute atomic E-state index is 0.223. The zero-order valence-electron chi connectivity index (χ0n) is 19.5. The molecule has 3 aromatic rings. The van der Waals surface area contributed by atoms with Crippen LogP contribution in [0.5, 0.6) is 0 Å². The third-order valence-electron chi connectivity index (χ3n) is 7.15. The lowest BCUT2D eigenvalue weighted by Crippen LogP contribution is -2.40. The summed E-state index contributed by atoms with van der Waals surface area (Å²) in [5.41, 5.74) is 5.03. The van der Waals surface area contributed by atoms with E-state index in [0.29, 0.717) is 18.8 Å². The average molecular weight is 436 g/mol. The van der Waals surface area contributed by atoms with Crippen molar-refractivity contribution in [1.82, 2.24) is 34.3 Å². The zero-order chi connectivity index (χ0) is 22.2. The monoisotopic (exact) mass is 435 g/mol. The summed E-state index contributed by atoms with van der Waals surface area (Å²) in [6.07, 6.45) is 7.98. The topological polar surface area (TPSA) is 81.2 Å². The molecule has 5 rings (SSSR count). The molecule has 2 aliphatic rings. The lowest BCUT2D eigenvalue weighted by atomic mass is 9.96. The van der Waals surface area contributed by atoms with Crippen LogP contribution in [0, 0.1) is 20.8 Å². The number of hydrogen-bond acceptors (Lipinski definition) is 5. The van der Waals surface area contributed by atoms with Gasteiger partial charge in [-0.15, -0.1) is 10.2 Å². The van der Waals surface area contributed by atoms with Gasteiger partial charge in [-0.25, -0.2) is 9.50 Å². The van der Waals surface area contributed by atoms with Gasteiger partial charge >= 0.3 is 0 Å². The Kier molecular flexibility index (Phi) is 5.69. The summed E-state index contributed by atoms with van der Waals surface area (Å²) in [4.78, 5) is 19.9. The Labute approximate surface area is 189 Å². The van der Waals surface area contributed by atoms with Crippen LogP contribution in [0.15, 0.2) is 6.07 Å². The molecule has 8 heteroatoms. The van der Waals surface area contributed by atoms with Gasteiger partial charge in [0.05, 0.1) is 5.69 Å². The number of hydrogen-bond donors (Lipinski definition) is 0. The molecule has 0 saturated carbocycles. The molecule has 5 heterocycles. The first-order valence-corrected chi connectivity index (χ1v) is 12.0. The Morgan fingerprint density at radius 1 is 1.09 bits per heavy atom. The molecule has 0 spiro atoms. The fraction of sp³-hybridized carbons (Fsp3) is 0.625. The predicted molar refractivity (Wildman–Crippen MR) is 122 cm³/mol. The van der Waals surface area contributed by atoms with Gasteiger partial charge < -0.3 is 9.47 Å². The van der Waals surface area contributed by atoms with E-state index in [4.69, 9.17) is 4.98 Å².